The van der Waals surface area contributed by atoms with Crippen LogP contribution in [0, 0.1) is 0 Å². The molecular weight excluding hydrogens is 392 g/mol. The SMILES string of the molecule is CCn1ccnc1CN(C)C(=O)C(Cc1ccccc1Cl)NC(=O)OC(C)(C)C. The number of imidazole rings is 1. The molecule has 0 saturated heterocycles. The summed E-state index contributed by atoms with van der Waals surface area (Å²) in [5.41, 5.74) is 0.104. The van der Waals surface area contributed by atoms with Crippen LogP contribution in [0.5, 0.6) is 0 Å². The molecule has 0 aliphatic heterocycles. The van der Waals surface area contributed by atoms with Gasteiger partial charge in [0.05, 0.1) is 6.54 Å². The summed E-state index contributed by atoms with van der Waals surface area (Å²) in [5.74, 6) is 0.526. The Morgan fingerprint density at radius 1 is 1.31 bits per heavy atom. The number of aromatic nitrogens is 2. The number of likely N-dealkylation sites (N-methyl/N-ethyl adjacent to an activating group) is 1. The predicted molar refractivity (Wildman–Crippen MR) is 113 cm³/mol. The van der Waals surface area contributed by atoms with Gasteiger partial charge in [-0.05, 0) is 39.3 Å². The minimum atomic E-state index is -0.820. The molecule has 158 valence electrons. The van der Waals surface area contributed by atoms with Crippen LogP contribution >= 0.6 is 11.6 Å². The van der Waals surface area contributed by atoms with Crippen LogP contribution in [0.15, 0.2) is 36.7 Å². The Morgan fingerprint density at radius 3 is 2.62 bits per heavy atom. The molecule has 1 unspecified atom stereocenters. The van der Waals surface area contributed by atoms with E-state index in [1.807, 2.05) is 35.9 Å². The van der Waals surface area contributed by atoms with Gasteiger partial charge in [-0.3, -0.25) is 4.79 Å². The van der Waals surface area contributed by atoms with Crippen molar-refractivity contribution in [1.82, 2.24) is 19.8 Å². The smallest absolute Gasteiger partial charge is 0.408 e. The summed E-state index contributed by atoms with van der Waals surface area (Å²) in [4.78, 5) is 31.4. The summed E-state index contributed by atoms with van der Waals surface area (Å²) in [6.07, 6.45) is 3.18. The summed E-state index contributed by atoms with van der Waals surface area (Å²) < 4.78 is 7.30. The van der Waals surface area contributed by atoms with Crippen LogP contribution in [-0.2, 0) is 29.0 Å². The maximum absolute atomic E-state index is 13.2. The summed E-state index contributed by atoms with van der Waals surface area (Å²) >= 11 is 6.27. The molecule has 2 amide bonds. The number of amides is 2. The number of nitrogens with zero attached hydrogens (tertiary/aromatic N) is 3. The number of hydrogen-bond donors (Lipinski definition) is 1. The number of benzene rings is 1. The van der Waals surface area contributed by atoms with Gasteiger partial charge in [-0.15, -0.1) is 0 Å². The molecule has 29 heavy (non-hydrogen) atoms. The second-order valence-corrected chi connectivity index (χ2v) is 8.23. The van der Waals surface area contributed by atoms with Gasteiger partial charge in [0.1, 0.15) is 17.5 Å². The standard InChI is InChI=1S/C21H29ClN4O3/c1-6-26-12-11-23-18(26)14-25(5)19(27)17(24-20(28)29-21(2,3)4)13-15-9-7-8-10-16(15)22/h7-12,17H,6,13-14H2,1-5H3,(H,24,28). The van der Waals surface area contributed by atoms with Crippen molar-refractivity contribution in [2.45, 2.75) is 58.8 Å². The predicted octanol–water partition coefficient (Wildman–Crippen LogP) is 3.65. The van der Waals surface area contributed by atoms with Crippen molar-refractivity contribution in [3.63, 3.8) is 0 Å². The highest BCUT2D eigenvalue weighted by Crippen LogP contribution is 2.18. The number of ether oxygens (including phenoxy) is 1. The maximum atomic E-state index is 13.2. The van der Waals surface area contributed by atoms with Gasteiger partial charge < -0.3 is 19.5 Å². The van der Waals surface area contributed by atoms with Gasteiger partial charge in [0.2, 0.25) is 5.91 Å². The molecule has 0 bridgehead atoms. The lowest BCUT2D eigenvalue weighted by Crippen LogP contribution is -2.49. The van der Waals surface area contributed by atoms with Gasteiger partial charge in [0.15, 0.2) is 0 Å². The molecule has 1 aromatic carbocycles. The number of nitrogens with one attached hydrogen (secondary N) is 1. The summed E-state index contributed by atoms with van der Waals surface area (Å²) in [7, 11) is 1.69. The fourth-order valence-corrected chi connectivity index (χ4v) is 3.08. The molecule has 7 nitrogen and oxygen atoms in total. The number of aryl methyl sites for hydroxylation is 1. The van der Waals surface area contributed by atoms with E-state index in [0.717, 1.165) is 17.9 Å². The van der Waals surface area contributed by atoms with Crippen LogP contribution in [0.4, 0.5) is 4.79 Å². The van der Waals surface area contributed by atoms with Crippen molar-refractivity contribution < 1.29 is 14.3 Å². The minimum Gasteiger partial charge on any atom is -0.444 e. The van der Waals surface area contributed by atoms with E-state index < -0.39 is 17.7 Å². The van der Waals surface area contributed by atoms with E-state index in [0.29, 0.717) is 11.6 Å². The van der Waals surface area contributed by atoms with Crippen LogP contribution < -0.4 is 5.32 Å². The molecule has 1 aromatic heterocycles. The van der Waals surface area contributed by atoms with Gasteiger partial charge in [-0.25, -0.2) is 9.78 Å². The van der Waals surface area contributed by atoms with Crippen molar-refractivity contribution in [2.75, 3.05) is 7.05 Å². The average Bonchev–Trinajstić information content (AvgIpc) is 3.07. The quantitative estimate of drug-likeness (QED) is 0.741. The number of rotatable bonds is 7. The van der Waals surface area contributed by atoms with Crippen LogP contribution in [0.3, 0.4) is 0 Å². The molecular formula is C21H29ClN4O3. The Balaban J connectivity index is 2.19. The van der Waals surface area contributed by atoms with Gasteiger partial charge in [-0.1, -0.05) is 29.8 Å². The number of carbonyl (C=O) groups is 2. The van der Waals surface area contributed by atoms with Gasteiger partial charge in [0, 0.05) is 37.4 Å². The van der Waals surface area contributed by atoms with E-state index in [1.165, 1.54) is 0 Å². The minimum absolute atomic E-state index is 0.249. The Bertz CT molecular complexity index is 844. The number of hydrogen-bond acceptors (Lipinski definition) is 4. The zero-order valence-electron chi connectivity index (χ0n) is 17.6. The van der Waals surface area contributed by atoms with Crippen LogP contribution in [-0.4, -0.2) is 45.1 Å². The van der Waals surface area contributed by atoms with Crippen molar-refractivity contribution in [1.29, 1.82) is 0 Å². The van der Waals surface area contributed by atoms with E-state index in [1.54, 1.807) is 45.0 Å². The molecule has 0 saturated carbocycles. The molecule has 2 rings (SSSR count). The molecule has 0 fully saturated rings. The lowest BCUT2D eigenvalue weighted by Gasteiger charge is -2.27. The summed E-state index contributed by atoms with van der Waals surface area (Å²) in [6.45, 7) is 8.42. The Hall–Kier alpha value is -2.54. The molecule has 8 heteroatoms. The molecule has 0 aliphatic rings. The third-order valence-electron chi connectivity index (χ3n) is 4.27. The first-order chi connectivity index (χ1) is 13.6. The second kappa shape index (κ2) is 9.78. The Morgan fingerprint density at radius 2 is 2.00 bits per heavy atom. The van der Waals surface area contributed by atoms with Gasteiger partial charge in [-0.2, -0.15) is 0 Å². The number of alkyl carbamates (subject to hydrolysis) is 1. The second-order valence-electron chi connectivity index (χ2n) is 7.82. The van der Waals surface area contributed by atoms with Crippen molar-refractivity contribution >= 4 is 23.6 Å². The Labute approximate surface area is 177 Å². The topological polar surface area (TPSA) is 76.5 Å². The maximum Gasteiger partial charge on any atom is 0.408 e. The third-order valence-corrected chi connectivity index (χ3v) is 4.64. The highest BCUT2D eigenvalue weighted by molar-refractivity contribution is 6.31. The lowest BCUT2D eigenvalue weighted by molar-refractivity contribution is -0.132. The first-order valence-electron chi connectivity index (χ1n) is 9.58. The normalized spacial score (nSPS) is 12.3. The zero-order chi connectivity index (χ0) is 21.6. The summed E-state index contributed by atoms with van der Waals surface area (Å²) in [6, 6.07) is 6.44. The van der Waals surface area contributed by atoms with Crippen LogP contribution in [0.1, 0.15) is 39.1 Å². The van der Waals surface area contributed by atoms with Crippen LogP contribution in [0.25, 0.3) is 0 Å². The fraction of sp³-hybridized carbons (Fsp3) is 0.476. The van der Waals surface area contributed by atoms with E-state index in [-0.39, 0.29) is 12.3 Å². The van der Waals surface area contributed by atoms with E-state index in [4.69, 9.17) is 16.3 Å². The number of carbonyl (C=O) groups excluding carboxylic acids is 2. The van der Waals surface area contributed by atoms with E-state index in [2.05, 4.69) is 10.3 Å². The molecule has 0 radical (unpaired) electrons. The van der Waals surface area contributed by atoms with E-state index >= 15 is 0 Å². The fourth-order valence-electron chi connectivity index (χ4n) is 2.87. The third kappa shape index (κ3) is 6.78. The van der Waals surface area contributed by atoms with Crippen molar-refractivity contribution in [3.8, 4) is 0 Å². The number of halogens is 1. The molecule has 0 aliphatic carbocycles. The monoisotopic (exact) mass is 420 g/mol. The van der Waals surface area contributed by atoms with Crippen LogP contribution in [0.2, 0.25) is 5.02 Å². The highest BCUT2D eigenvalue weighted by atomic mass is 35.5. The summed E-state index contributed by atoms with van der Waals surface area (Å²) in [5, 5.41) is 3.24. The molecule has 2 aromatic rings. The van der Waals surface area contributed by atoms with Gasteiger partial charge >= 0.3 is 6.09 Å². The van der Waals surface area contributed by atoms with Crippen molar-refractivity contribution in [2.24, 2.45) is 0 Å². The Kier molecular flexibility index (Phi) is 7.67. The molecule has 0 spiro atoms. The average molecular weight is 421 g/mol. The largest absolute Gasteiger partial charge is 0.444 e. The van der Waals surface area contributed by atoms with Crippen molar-refractivity contribution in [3.05, 3.63) is 53.1 Å². The van der Waals surface area contributed by atoms with Gasteiger partial charge in [0.25, 0.3) is 0 Å². The molecule has 1 atom stereocenters. The molecule has 1 heterocycles. The first kappa shape index (κ1) is 22.7. The zero-order valence-corrected chi connectivity index (χ0v) is 18.4. The molecule has 1 N–H and O–H groups in total. The highest BCUT2D eigenvalue weighted by Gasteiger charge is 2.28. The lowest BCUT2D eigenvalue weighted by atomic mass is 10.0. The first-order valence-corrected chi connectivity index (χ1v) is 9.96. The van der Waals surface area contributed by atoms with E-state index in [9.17, 15) is 9.59 Å².